The van der Waals surface area contributed by atoms with E-state index in [0.717, 1.165) is 21.1 Å². The van der Waals surface area contributed by atoms with Crippen molar-refractivity contribution in [3.05, 3.63) is 107 Å². The summed E-state index contributed by atoms with van der Waals surface area (Å²) in [6.45, 7) is 0. The van der Waals surface area contributed by atoms with Gasteiger partial charge in [-0.15, -0.1) is 0 Å². The van der Waals surface area contributed by atoms with Gasteiger partial charge >= 0.3 is 153 Å². The Hall–Kier alpha value is -2.67. The van der Waals surface area contributed by atoms with Crippen LogP contribution in [0.1, 0.15) is 14.8 Å². The van der Waals surface area contributed by atoms with Crippen LogP contribution in [0.3, 0.4) is 0 Å². The SMILES string of the molecule is O=C(c1ccccc1)c1[se]c(-c2ccccc2)cc1-c1ccccc1. The fourth-order valence-electron chi connectivity index (χ4n) is 2.86. The van der Waals surface area contributed by atoms with Gasteiger partial charge < -0.3 is 0 Å². The van der Waals surface area contributed by atoms with E-state index < -0.39 is 0 Å². The van der Waals surface area contributed by atoms with Crippen molar-refractivity contribution < 1.29 is 4.79 Å². The second kappa shape index (κ2) is 7.06. The third kappa shape index (κ3) is 3.27. The normalized spacial score (nSPS) is 10.6. The van der Waals surface area contributed by atoms with Gasteiger partial charge in [0.15, 0.2) is 0 Å². The van der Waals surface area contributed by atoms with Gasteiger partial charge in [0.25, 0.3) is 0 Å². The Bertz CT molecular complexity index is 986. The quantitative estimate of drug-likeness (QED) is 0.343. The van der Waals surface area contributed by atoms with Crippen LogP contribution in [0.5, 0.6) is 0 Å². The van der Waals surface area contributed by atoms with Crippen molar-refractivity contribution in [2.45, 2.75) is 0 Å². The molecular formula is C23H16OSe. The molecule has 3 aromatic carbocycles. The third-order valence-electron chi connectivity index (χ3n) is 4.12. The third-order valence-corrected chi connectivity index (χ3v) is 6.60. The molecule has 0 radical (unpaired) electrons. The molecule has 0 spiro atoms. The Labute approximate surface area is 153 Å². The number of benzene rings is 3. The zero-order valence-corrected chi connectivity index (χ0v) is 15.3. The van der Waals surface area contributed by atoms with Gasteiger partial charge in [0, 0.05) is 0 Å². The van der Waals surface area contributed by atoms with Gasteiger partial charge in [-0.3, -0.25) is 0 Å². The molecule has 4 rings (SSSR count). The average Bonchev–Trinajstić information content (AvgIpc) is 3.15. The second-order valence-corrected chi connectivity index (χ2v) is 7.99. The molecule has 0 fully saturated rings. The van der Waals surface area contributed by atoms with Crippen LogP contribution < -0.4 is 0 Å². The summed E-state index contributed by atoms with van der Waals surface area (Å²) in [5.41, 5.74) is 4.13. The van der Waals surface area contributed by atoms with E-state index in [1.165, 1.54) is 10.0 Å². The summed E-state index contributed by atoms with van der Waals surface area (Å²) in [5.74, 6) is 0.140. The van der Waals surface area contributed by atoms with Crippen LogP contribution >= 0.6 is 0 Å². The van der Waals surface area contributed by atoms with Crippen molar-refractivity contribution in [2.75, 3.05) is 0 Å². The first-order valence-corrected chi connectivity index (χ1v) is 9.88. The van der Waals surface area contributed by atoms with Crippen molar-refractivity contribution in [3.63, 3.8) is 0 Å². The molecule has 0 aliphatic carbocycles. The van der Waals surface area contributed by atoms with Crippen LogP contribution in [0.4, 0.5) is 0 Å². The van der Waals surface area contributed by atoms with Crippen molar-refractivity contribution in [1.82, 2.24) is 0 Å². The standard InChI is InChI=1S/C23H16OSe/c24-22(19-14-8-3-9-15-19)23-20(17-10-4-1-5-11-17)16-21(25-23)18-12-6-2-7-13-18/h1-16H. The fourth-order valence-corrected chi connectivity index (χ4v) is 5.27. The van der Waals surface area contributed by atoms with Crippen LogP contribution in [0.2, 0.25) is 0 Å². The molecule has 1 aromatic heterocycles. The fraction of sp³-hybridized carbons (Fsp3) is 0. The van der Waals surface area contributed by atoms with Gasteiger partial charge in [0.2, 0.25) is 0 Å². The van der Waals surface area contributed by atoms with E-state index in [0.29, 0.717) is 0 Å². The Morgan fingerprint density at radius 3 is 1.76 bits per heavy atom. The predicted octanol–water partition coefficient (Wildman–Crippen LogP) is 5.31. The number of hydrogen-bond acceptors (Lipinski definition) is 1. The van der Waals surface area contributed by atoms with E-state index in [2.05, 4.69) is 30.3 Å². The molecule has 0 saturated heterocycles. The summed E-state index contributed by atoms with van der Waals surface area (Å²) >= 11 is -0.000543. The number of rotatable bonds is 4. The monoisotopic (exact) mass is 388 g/mol. The number of ketones is 1. The van der Waals surface area contributed by atoms with Crippen LogP contribution in [0.25, 0.3) is 21.1 Å². The van der Waals surface area contributed by atoms with E-state index in [-0.39, 0.29) is 20.3 Å². The van der Waals surface area contributed by atoms with Crippen LogP contribution in [-0.4, -0.2) is 20.3 Å². The van der Waals surface area contributed by atoms with Gasteiger partial charge in [-0.25, -0.2) is 0 Å². The zero-order chi connectivity index (χ0) is 17.1. The summed E-state index contributed by atoms with van der Waals surface area (Å²) in [7, 11) is 0. The summed E-state index contributed by atoms with van der Waals surface area (Å²) < 4.78 is 2.19. The summed E-state index contributed by atoms with van der Waals surface area (Å²) in [6, 6.07) is 32.3. The molecule has 120 valence electrons. The molecule has 4 aromatic rings. The molecule has 0 N–H and O–H groups in total. The Morgan fingerprint density at radius 2 is 1.16 bits per heavy atom. The molecule has 0 aliphatic rings. The Morgan fingerprint density at radius 1 is 0.640 bits per heavy atom. The predicted molar refractivity (Wildman–Crippen MR) is 104 cm³/mol. The van der Waals surface area contributed by atoms with E-state index in [1.807, 2.05) is 66.7 Å². The molecule has 0 saturated carbocycles. The molecule has 1 nitrogen and oxygen atoms in total. The molecular weight excluding hydrogens is 371 g/mol. The Balaban J connectivity index is 1.87. The van der Waals surface area contributed by atoms with Crippen molar-refractivity contribution in [3.8, 4) is 21.1 Å². The van der Waals surface area contributed by atoms with Crippen molar-refractivity contribution >= 4 is 20.3 Å². The average molecular weight is 387 g/mol. The first kappa shape index (κ1) is 15.8. The molecule has 0 aliphatic heterocycles. The van der Waals surface area contributed by atoms with Gasteiger partial charge in [-0.1, -0.05) is 0 Å². The summed E-state index contributed by atoms with van der Waals surface area (Å²) in [5, 5.41) is 0. The first-order valence-electron chi connectivity index (χ1n) is 8.17. The zero-order valence-electron chi connectivity index (χ0n) is 13.6. The molecule has 25 heavy (non-hydrogen) atoms. The van der Waals surface area contributed by atoms with Gasteiger partial charge in [-0.2, -0.15) is 0 Å². The minimum absolute atomic E-state index is 0.000543. The molecule has 2 heteroatoms. The topological polar surface area (TPSA) is 17.1 Å². The maximum atomic E-state index is 13.1. The number of carbonyl (C=O) groups is 1. The van der Waals surface area contributed by atoms with E-state index in [1.54, 1.807) is 0 Å². The molecule has 0 atom stereocenters. The van der Waals surface area contributed by atoms with Crippen molar-refractivity contribution in [2.24, 2.45) is 0 Å². The van der Waals surface area contributed by atoms with E-state index in [9.17, 15) is 4.79 Å². The number of carbonyl (C=O) groups excluding carboxylic acids is 1. The van der Waals surface area contributed by atoms with Crippen molar-refractivity contribution in [1.29, 1.82) is 0 Å². The van der Waals surface area contributed by atoms with Crippen LogP contribution in [-0.2, 0) is 0 Å². The number of hydrogen-bond donors (Lipinski definition) is 0. The molecule has 0 bridgehead atoms. The van der Waals surface area contributed by atoms with Gasteiger partial charge in [0.1, 0.15) is 0 Å². The second-order valence-electron chi connectivity index (χ2n) is 5.78. The minimum atomic E-state index is -0.000543. The summed E-state index contributed by atoms with van der Waals surface area (Å²) in [4.78, 5) is 13.1. The van der Waals surface area contributed by atoms with Gasteiger partial charge in [-0.05, 0) is 0 Å². The van der Waals surface area contributed by atoms with Crippen LogP contribution in [0, 0.1) is 0 Å². The molecule has 0 amide bonds. The van der Waals surface area contributed by atoms with Gasteiger partial charge in [0.05, 0.1) is 0 Å². The molecule has 0 unspecified atom stereocenters. The van der Waals surface area contributed by atoms with E-state index >= 15 is 0 Å². The van der Waals surface area contributed by atoms with Crippen LogP contribution in [0.15, 0.2) is 97.1 Å². The first-order chi connectivity index (χ1) is 12.3. The van der Waals surface area contributed by atoms with E-state index in [4.69, 9.17) is 0 Å². The Kier molecular flexibility index (Phi) is 4.47. The maximum absolute atomic E-state index is 13.1. The summed E-state index contributed by atoms with van der Waals surface area (Å²) in [6.07, 6.45) is 0. The molecule has 1 heterocycles.